The van der Waals surface area contributed by atoms with Crippen LogP contribution in [-0.4, -0.2) is 33.9 Å². The van der Waals surface area contributed by atoms with E-state index in [2.05, 4.69) is 5.10 Å². The number of carbonyl (C=O) groups excluding carboxylic acids is 2. The number of benzene rings is 1. The predicted molar refractivity (Wildman–Crippen MR) is 72.9 cm³/mol. The van der Waals surface area contributed by atoms with Gasteiger partial charge in [0.25, 0.3) is 0 Å². The first-order valence-electron chi connectivity index (χ1n) is 6.65. The summed E-state index contributed by atoms with van der Waals surface area (Å²) in [6, 6.07) is 8.62. The van der Waals surface area contributed by atoms with Crippen molar-refractivity contribution in [1.29, 1.82) is 0 Å². The lowest BCUT2D eigenvalue weighted by Crippen LogP contribution is -2.22. The highest BCUT2D eigenvalue weighted by atomic mass is 16.6. The van der Waals surface area contributed by atoms with Crippen molar-refractivity contribution in [3.05, 3.63) is 48.3 Å². The minimum absolute atomic E-state index is 0.211. The molecule has 1 saturated heterocycles. The number of hydrogen-bond acceptors (Lipinski definition) is 5. The molecule has 6 heteroatoms. The Balaban J connectivity index is 1.69. The molecule has 1 aromatic heterocycles. The van der Waals surface area contributed by atoms with E-state index in [1.807, 2.05) is 12.3 Å². The second kappa shape index (κ2) is 5.40. The van der Waals surface area contributed by atoms with Crippen LogP contribution in [0, 0.1) is 0 Å². The van der Waals surface area contributed by atoms with Crippen LogP contribution in [0.3, 0.4) is 0 Å². The van der Waals surface area contributed by atoms with Crippen molar-refractivity contribution >= 4 is 11.9 Å². The third-order valence-corrected chi connectivity index (χ3v) is 3.25. The lowest BCUT2D eigenvalue weighted by atomic mass is 10.2. The van der Waals surface area contributed by atoms with Crippen LogP contribution >= 0.6 is 0 Å². The van der Waals surface area contributed by atoms with Crippen molar-refractivity contribution in [1.82, 2.24) is 9.78 Å². The van der Waals surface area contributed by atoms with Crippen LogP contribution in [0.25, 0.3) is 5.69 Å². The van der Waals surface area contributed by atoms with Gasteiger partial charge in [-0.25, -0.2) is 14.3 Å². The van der Waals surface area contributed by atoms with Crippen molar-refractivity contribution in [2.24, 2.45) is 0 Å². The lowest BCUT2D eigenvalue weighted by molar-refractivity contribution is -0.147. The highest BCUT2D eigenvalue weighted by Crippen LogP contribution is 2.19. The molecule has 2 unspecified atom stereocenters. The van der Waals surface area contributed by atoms with Gasteiger partial charge in [0.05, 0.1) is 11.3 Å². The Morgan fingerprint density at radius 2 is 2.14 bits per heavy atom. The van der Waals surface area contributed by atoms with E-state index < -0.39 is 18.0 Å². The van der Waals surface area contributed by atoms with E-state index in [0.29, 0.717) is 12.0 Å². The number of carbonyl (C=O) groups is 2. The van der Waals surface area contributed by atoms with Gasteiger partial charge in [-0.2, -0.15) is 5.10 Å². The van der Waals surface area contributed by atoms with Crippen LogP contribution in [0.5, 0.6) is 0 Å². The standard InChI is InChI=1S/C15H14N2O4/c1-10-9-13(15(19)20-10)21-14(18)11-3-5-12(6-4-11)17-8-2-7-16-17/h2-8,10,13H,9H2,1H3. The molecule has 2 atom stereocenters. The largest absolute Gasteiger partial charge is 0.460 e. The van der Waals surface area contributed by atoms with Gasteiger partial charge in [-0.1, -0.05) is 0 Å². The molecule has 0 radical (unpaired) electrons. The molecule has 2 aromatic rings. The first-order chi connectivity index (χ1) is 10.1. The molecule has 108 valence electrons. The molecule has 21 heavy (non-hydrogen) atoms. The minimum atomic E-state index is -0.807. The van der Waals surface area contributed by atoms with Crippen molar-refractivity contribution in [3.8, 4) is 5.69 Å². The average molecular weight is 286 g/mol. The van der Waals surface area contributed by atoms with Gasteiger partial charge in [0.15, 0.2) is 0 Å². The molecule has 0 N–H and O–H groups in total. The monoisotopic (exact) mass is 286 g/mol. The first kappa shape index (κ1) is 13.4. The molecule has 3 rings (SSSR count). The molecular weight excluding hydrogens is 272 g/mol. The van der Waals surface area contributed by atoms with Crippen LogP contribution < -0.4 is 0 Å². The second-order valence-corrected chi connectivity index (χ2v) is 4.87. The molecule has 6 nitrogen and oxygen atoms in total. The summed E-state index contributed by atoms with van der Waals surface area (Å²) in [6.45, 7) is 1.77. The summed E-state index contributed by atoms with van der Waals surface area (Å²) < 4.78 is 11.8. The lowest BCUT2D eigenvalue weighted by Gasteiger charge is -2.08. The smallest absolute Gasteiger partial charge is 0.347 e. The fourth-order valence-corrected chi connectivity index (χ4v) is 2.19. The van der Waals surface area contributed by atoms with E-state index in [9.17, 15) is 9.59 Å². The maximum absolute atomic E-state index is 12.0. The predicted octanol–water partition coefficient (Wildman–Crippen LogP) is 1.73. The Morgan fingerprint density at radius 1 is 1.38 bits per heavy atom. The van der Waals surface area contributed by atoms with Crippen molar-refractivity contribution < 1.29 is 19.1 Å². The SMILES string of the molecule is CC1CC(OC(=O)c2ccc(-n3cccn3)cc2)C(=O)O1. The number of nitrogens with zero attached hydrogens (tertiary/aromatic N) is 2. The zero-order valence-electron chi connectivity index (χ0n) is 11.4. The van der Waals surface area contributed by atoms with Crippen LogP contribution in [0.15, 0.2) is 42.7 Å². The summed E-state index contributed by atoms with van der Waals surface area (Å²) in [4.78, 5) is 23.4. The molecular formula is C15H14N2O4. The van der Waals surface area contributed by atoms with E-state index in [-0.39, 0.29) is 6.10 Å². The van der Waals surface area contributed by atoms with Crippen LogP contribution in [0.1, 0.15) is 23.7 Å². The van der Waals surface area contributed by atoms with Gasteiger partial charge in [0.2, 0.25) is 6.10 Å². The van der Waals surface area contributed by atoms with Crippen LogP contribution in [0.2, 0.25) is 0 Å². The molecule has 0 aliphatic carbocycles. The third kappa shape index (κ3) is 2.79. The number of hydrogen-bond donors (Lipinski definition) is 0. The molecule has 0 amide bonds. The number of aromatic nitrogens is 2. The zero-order chi connectivity index (χ0) is 14.8. The maximum Gasteiger partial charge on any atom is 0.347 e. The van der Waals surface area contributed by atoms with E-state index in [4.69, 9.17) is 9.47 Å². The molecule has 1 aromatic carbocycles. The average Bonchev–Trinajstić information content (AvgIpc) is 3.10. The molecule has 0 saturated carbocycles. The Hall–Kier alpha value is -2.63. The van der Waals surface area contributed by atoms with Gasteiger partial charge in [-0.3, -0.25) is 0 Å². The number of cyclic esters (lactones) is 1. The van der Waals surface area contributed by atoms with Crippen molar-refractivity contribution in [2.45, 2.75) is 25.6 Å². The molecule has 1 aliphatic rings. The minimum Gasteiger partial charge on any atom is -0.460 e. The van der Waals surface area contributed by atoms with Gasteiger partial charge in [-0.05, 0) is 37.3 Å². The van der Waals surface area contributed by atoms with Gasteiger partial charge in [0, 0.05) is 18.8 Å². The third-order valence-electron chi connectivity index (χ3n) is 3.25. The normalized spacial score (nSPS) is 21.1. The van der Waals surface area contributed by atoms with Crippen molar-refractivity contribution in [2.75, 3.05) is 0 Å². The van der Waals surface area contributed by atoms with Gasteiger partial charge in [-0.15, -0.1) is 0 Å². The highest BCUT2D eigenvalue weighted by Gasteiger charge is 2.35. The number of esters is 2. The van der Waals surface area contributed by atoms with Crippen molar-refractivity contribution in [3.63, 3.8) is 0 Å². The van der Waals surface area contributed by atoms with E-state index in [1.165, 1.54) is 0 Å². The Labute approximate surface area is 121 Å². The quantitative estimate of drug-likeness (QED) is 0.804. The maximum atomic E-state index is 12.0. The molecule has 0 spiro atoms. The van der Waals surface area contributed by atoms with E-state index in [0.717, 1.165) is 5.69 Å². The topological polar surface area (TPSA) is 70.4 Å². The molecule has 0 bridgehead atoms. The first-order valence-corrected chi connectivity index (χ1v) is 6.65. The fraction of sp³-hybridized carbons (Fsp3) is 0.267. The molecule has 1 fully saturated rings. The zero-order valence-corrected chi connectivity index (χ0v) is 11.4. The van der Waals surface area contributed by atoms with Gasteiger partial charge >= 0.3 is 11.9 Å². The molecule has 2 heterocycles. The molecule has 1 aliphatic heterocycles. The number of rotatable bonds is 3. The summed E-state index contributed by atoms with van der Waals surface area (Å²) >= 11 is 0. The summed E-state index contributed by atoms with van der Waals surface area (Å²) in [7, 11) is 0. The fourth-order valence-electron chi connectivity index (χ4n) is 2.19. The summed E-state index contributed by atoms with van der Waals surface area (Å²) in [5.41, 5.74) is 1.23. The van der Waals surface area contributed by atoms with Crippen LogP contribution in [-0.2, 0) is 14.3 Å². The van der Waals surface area contributed by atoms with E-state index >= 15 is 0 Å². The van der Waals surface area contributed by atoms with E-state index in [1.54, 1.807) is 42.1 Å². The Kier molecular flexibility index (Phi) is 3.43. The van der Waals surface area contributed by atoms with Crippen LogP contribution in [0.4, 0.5) is 0 Å². The summed E-state index contributed by atoms with van der Waals surface area (Å²) in [5, 5.41) is 4.10. The highest BCUT2D eigenvalue weighted by molar-refractivity contribution is 5.92. The Bertz CT molecular complexity index is 649. The Morgan fingerprint density at radius 3 is 2.71 bits per heavy atom. The summed E-state index contributed by atoms with van der Waals surface area (Å²) in [6.07, 6.45) is 2.87. The van der Waals surface area contributed by atoms with Gasteiger partial charge < -0.3 is 9.47 Å². The second-order valence-electron chi connectivity index (χ2n) is 4.87. The summed E-state index contributed by atoms with van der Waals surface area (Å²) in [5.74, 6) is -1.01. The van der Waals surface area contributed by atoms with Gasteiger partial charge in [0.1, 0.15) is 6.10 Å². The number of ether oxygens (including phenoxy) is 2.